The lowest BCUT2D eigenvalue weighted by Crippen LogP contribution is -2.40. The predicted octanol–water partition coefficient (Wildman–Crippen LogP) is 3.24. The number of nitrogens with zero attached hydrogens (tertiary/aromatic N) is 5. The minimum absolute atomic E-state index is 0.0955. The molecular weight excluding hydrogens is 366 g/mol. The molecule has 0 unspecified atom stereocenters. The first-order valence-corrected chi connectivity index (χ1v) is 10.3. The van der Waals surface area contributed by atoms with Crippen molar-refractivity contribution in [2.45, 2.75) is 43.3 Å². The van der Waals surface area contributed by atoms with Crippen molar-refractivity contribution in [3.8, 4) is 0 Å². The summed E-state index contributed by atoms with van der Waals surface area (Å²) in [4.78, 5) is 16.2. The number of amides is 1. The van der Waals surface area contributed by atoms with Crippen LogP contribution in [0.3, 0.4) is 0 Å². The molecule has 3 heterocycles. The molecule has 0 spiro atoms. The van der Waals surface area contributed by atoms with Gasteiger partial charge in [-0.2, -0.15) is 0 Å². The molecule has 6 nitrogen and oxygen atoms in total. The average Bonchev–Trinajstić information content (AvgIpc) is 3.35. The fraction of sp³-hybridized carbons (Fsp3) is 0.333. The summed E-state index contributed by atoms with van der Waals surface area (Å²) in [5.41, 5.74) is 2.25. The number of fused-ring (bicyclic) bond motifs is 1. The van der Waals surface area contributed by atoms with Gasteiger partial charge in [0.2, 0.25) is 11.1 Å². The van der Waals surface area contributed by atoms with E-state index in [9.17, 15) is 4.79 Å². The van der Waals surface area contributed by atoms with Crippen molar-refractivity contribution < 1.29 is 4.79 Å². The number of aromatic nitrogens is 4. The molecule has 0 saturated carbocycles. The smallest absolute Gasteiger partial charge is 0.240 e. The predicted molar refractivity (Wildman–Crippen MR) is 104 cm³/mol. The van der Waals surface area contributed by atoms with Crippen LogP contribution in [0.4, 0.5) is 5.69 Å². The average molecular weight is 386 g/mol. The molecule has 1 aromatic carbocycles. The summed E-state index contributed by atoms with van der Waals surface area (Å²) in [6.07, 6.45) is 0.898. The Hall–Kier alpha value is -2.19. The highest BCUT2D eigenvalue weighted by atomic mass is 32.2. The van der Waals surface area contributed by atoms with Gasteiger partial charge in [0.25, 0.3) is 0 Å². The number of tetrazole rings is 1. The largest absolute Gasteiger partial charge is 0.308 e. The molecule has 0 N–H and O–H groups in total. The molecule has 2 aromatic heterocycles. The van der Waals surface area contributed by atoms with Crippen molar-refractivity contribution in [3.63, 3.8) is 0 Å². The van der Waals surface area contributed by atoms with Crippen LogP contribution in [0.25, 0.3) is 0 Å². The number of rotatable bonds is 5. The molecule has 134 valence electrons. The van der Waals surface area contributed by atoms with Crippen LogP contribution >= 0.6 is 23.1 Å². The quantitative estimate of drug-likeness (QED) is 0.631. The molecule has 0 fully saturated rings. The van der Waals surface area contributed by atoms with Gasteiger partial charge in [-0.25, -0.2) is 4.68 Å². The third kappa shape index (κ3) is 3.26. The maximum absolute atomic E-state index is 13.1. The molecule has 1 aliphatic rings. The Kier molecular flexibility index (Phi) is 4.78. The standard InChI is InChI=1S/C18H19N5OS2/c1-12-10-14-6-3-4-8-16(14)23(12)17(24)13(2)26-18-19-20-21-22(18)11-15-7-5-9-25-15/h3-9,12-13H,10-11H2,1-2H3/t12-,13+/m1/s1. The minimum Gasteiger partial charge on any atom is -0.308 e. The van der Waals surface area contributed by atoms with Crippen molar-refractivity contribution in [3.05, 3.63) is 52.2 Å². The summed E-state index contributed by atoms with van der Waals surface area (Å²) >= 11 is 3.08. The normalized spacial score (nSPS) is 17.3. The van der Waals surface area contributed by atoms with Gasteiger partial charge in [-0.3, -0.25) is 4.79 Å². The van der Waals surface area contributed by atoms with Crippen molar-refractivity contribution in [2.24, 2.45) is 0 Å². The van der Waals surface area contributed by atoms with E-state index in [1.807, 2.05) is 41.5 Å². The molecule has 26 heavy (non-hydrogen) atoms. The van der Waals surface area contributed by atoms with Gasteiger partial charge in [0, 0.05) is 16.6 Å². The summed E-state index contributed by atoms with van der Waals surface area (Å²) in [7, 11) is 0. The highest BCUT2D eigenvalue weighted by Gasteiger charge is 2.34. The summed E-state index contributed by atoms with van der Waals surface area (Å²) in [6, 6.07) is 12.4. The summed E-state index contributed by atoms with van der Waals surface area (Å²) < 4.78 is 1.75. The number of para-hydroxylation sites is 1. The third-order valence-corrected chi connectivity index (χ3v) is 6.38. The molecule has 2 atom stereocenters. The Morgan fingerprint density at radius 3 is 3.00 bits per heavy atom. The second-order valence-electron chi connectivity index (χ2n) is 6.35. The van der Waals surface area contributed by atoms with E-state index in [4.69, 9.17) is 0 Å². The lowest BCUT2D eigenvalue weighted by molar-refractivity contribution is -0.118. The Morgan fingerprint density at radius 2 is 2.19 bits per heavy atom. The number of thiophene rings is 1. The number of carbonyl (C=O) groups is 1. The van der Waals surface area contributed by atoms with Gasteiger partial charge in [-0.15, -0.1) is 16.4 Å². The van der Waals surface area contributed by atoms with Crippen LogP contribution in [0.15, 0.2) is 46.9 Å². The number of thioether (sulfide) groups is 1. The maximum Gasteiger partial charge on any atom is 0.240 e. The summed E-state index contributed by atoms with van der Waals surface area (Å²) in [5.74, 6) is 0.0955. The van der Waals surface area contributed by atoms with Crippen LogP contribution in [-0.4, -0.2) is 37.4 Å². The zero-order chi connectivity index (χ0) is 18.1. The molecule has 0 saturated heterocycles. The fourth-order valence-corrected chi connectivity index (χ4v) is 4.76. The first-order chi connectivity index (χ1) is 12.6. The van der Waals surface area contributed by atoms with Crippen molar-refractivity contribution in [1.29, 1.82) is 0 Å². The van der Waals surface area contributed by atoms with Crippen LogP contribution in [0.5, 0.6) is 0 Å². The van der Waals surface area contributed by atoms with E-state index in [2.05, 4.69) is 34.6 Å². The minimum atomic E-state index is -0.267. The van der Waals surface area contributed by atoms with Gasteiger partial charge in [-0.05, 0) is 53.8 Å². The van der Waals surface area contributed by atoms with E-state index in [1.54, 1.807) is 16.0 Å². The molecule has 0 radical (unpaired) electrons. The molecule has 0 bridgehead atoms. The zero-order valence-corrected chi connectivity index (χ0v) is 16.2. The lowest BCUT2D eigenvalue weighted by atomic mass is 10.1. The molecule has 1 amide bonds. The van der Waals surface area contributed by atoms with E-state index in [0.717, 1.165) is 12.1 Å². The van der Waals surface area contributed by atoms with E-state index >= 15 is 0 Å². The van der Waals surface area contributed by atoms with E-state index in [0.29, 0.717) is 11.7 Å². The van der Waals surface area contributed by atoms with Crippen molar-refractivity contribution in [2.75, 3.05) is 4.90 Å². The highest BCUT2D eigenvalue weighted by Crippen LogP contribution is 2.34. The van der Waals surface area contributed by atoms with Gasteiger partial charge in [0.1, 0.15) is 0 Å². The molecule has 8 heteroatoms. The van der Waals surface area contributed by atoms with Gasteiger partial charge in [-0.1, -0.05) is 36.0 Å². The Labute approximate surface area is 160 Å². The zero-order valence-electron chi connectivity index (χ0n) is 14.6. The van der Waals surface area contributed by atoms with Crippen molar-refractivity contribution in [1.82, 2.24) is 20.2 Å². The van der Waals surface area contributed by atoms with Gasteiger partial charge in [0.15, 0.2) is 0 Å². The second kappa shape index (κ2) is 7.20. The molecule has 3 aromatic rings. The topological polar surface area (TPSA) is 63.9 Å². The van der Waals surface area contributed by atoms with Crippen LogP contribution in [0.2, 0.25) is 0 Å². The van der Waals surface area contributed by atoms with Gasteiger partial charge in [0.05, 0.1) is 11.8 Å². The maximum atomic E-state index is 13.1. The van der Waals surface area contributed by atoms with Crippen LogP contribution < -0.4 is 4.90 Å². The number of hydrogen-bond donors (Lipinski definition) is 0. The molecule has 0 aliphatic carbocycles. The number of benzene rings is 1. The highest BCUT2D eigenvalue weighted by molar-refractivity contribution is 8.00. The number of carbonyl (C=O) groups excluding carboxylic acids is 1. The summed E-state index contributed by atoms with van der Waals surface area (Å²) in [6.45, 7) is 4.64. The first kappa shape index (κ1) is 17.2. The Bertz CT molecular complexity index is 908. The van der Waals surface area contributed by atoms with E-state index in [-0.39, 0.29) is 17.2 Å². The monoisotopic (exact) mass is 385 g/mol. The SMILES string of the molecule is C[C@H](Sc1nnnn1Cc1cccs1)C(=O)N1c2ccccc2C[C@H]1C. The third-order valence-electron chi connectivity index (χ3n) is 4.46. The lowest BCUT2D eigenvalue weighted by Gasteiger charge is -2.25. The van der Waals surface area contributed by atoms with Gasteiger partial charge < -0.3 is 4.90 Å². The molecule has 1 aliphatic heterocycles. The van der Waals surface area contributed by atoms with Crippen LogP contribution in [-0.2, 0) is 17.8 Å². The summed E-state index contributed by atoms with van der Waals surface area (Å²) in [5, 5.41) is 14.4. The number of anilines is 1. The second-order valence-corrected chi connectivity index (χ2v) is 8.69. The van der Waals surface area contributed by atoms with E-state index < -0.39 is 0 Å². The first-order valence-electron chi connectivity index (χ1n) is 8.49. The molecular formula is C18H19N5OS2. The number of hydrogen-bond acceptors (Lipinski definition) is 6. The van der Waals surface area contributed by atoms with Crippen LogP contribution in [0.1, 0.15) is 24.3 Å². The molecule has 4 rings (SSSR count). The van der Waals surface area contributed by atoms with E-state index in [1.165, 1.54) is 22.2 Å². The fourth-order valence-electron chi connectivity index (χ4n) is 3.24. The van der Waals surface area contributed by atoms with Gasteiger partial charge >= 0.3 is 0 Å². The Morgan fingerprint density at radius 1 is 1.35 bits per heavy atom. The Balaban J connectivity index is 1.50. The van der Waals surface area contributed by atoms with Crippen LogP contribution in [0, 0.1) is 0 Å². The van der Waals surface area contributed by atoms with Crippen molar-refractivity contribution >= 4 is 34.7 Å².